The highest BCUT2D eigenvalue weighted by atomic mass is 35.5. The maximum absolute atomic E-state index is 11.9. The van der Waals surface area contributed by atoms with Crippen LogP contribution in [0.15, 0.2) is 12.1 Å². The molecule has 0 spiro atoms. The maximum atomic E-state index is 11.9. The number of halogens is 1. The van der Waals surface area contributed by atoms with Crippen LogP contribution in [0.5, 0.6) is 0 Å². The molecule has 0 fully saturated rings. The van der Waals surface area contributed by atoms with Crippen LogP contribution in [0.1, 0.15) is 31.1 Å². The van der Waals surface area contributed by atoms with Crippen LogP contribution in [-0.4, -0.2) is 24.2 Å². The number of rotatable bonds is 6. The van der Waals surface area contributed by atoms with E-state index in [1.807, 2.05) is 19.9 Å². The van der Waals surface area contributed by atoms with Gasteiger partial charge in [-0.05, 0) is 31.4 Å². The minimum Gasteiger partial charge on any atom is -0.396 e. The van der Waals surface area contributed by atoms with Crippen molar-refractivity contribution in [3.8, 4) is 0 Å². The van der Waals surface area contributed by atoms with Crippen LogP contribution in [0, 0.1) is 5.92 Å². The van der Waals surface area contributed by atoms with Gasteiger partial charge in [0, 0.05) is 18.0 Å². The lowest BCUT2D eigenvalue weighted by Crippen LogP contribution is -2.31. The molecule has 5 heteroatoms. The fourth-order valence-corrected chi connectivity index (χ4v) is 2.55. The minimum absolute atomic E-state index is 0.00769. The molecular weight excluding hydrogens is 258 g/mol. The Morgan fingerprint density at radius 1 is 1.53 bits per heavy atom. The van der Waals surface area contributed by atoms with Crippen LogP contribution < -0.4 is 5.32 Å². The molecule has 0 bridgehead atoms. The quantitative estimate of drug-likeness (QED) is 0.839. The second kappa shape index (κ2) is 6.99. The number of hydrogen-bond donors (Lipinski definition) is 2. The molecule has 0 saturated carbocycles. The number of aliphatic hydroxyl groups is 1. The molecule has 1 rings (SSSR count). The summed E-state index contributed by atoms with van der Waals surface area (Å²) in [5.41, 5.74) is 0. The highest BCUT2D eigenvalue weighted by Gasteiger charge is 2.17. The third-order valence-electron chi connectivity index (χ3n) is 2.66. The Morgan fingerprint density at radius 2 is 2.24 bits per heavy atom. The molecule has 0 aliphatic heterocycles. The molecule has 2 atom stereocenters. The first kappa shape index (κ1) is 14.5. The summed E-state index contributed by atoms with van der Waals surface area (Å²) in [7, 11) is 0. The van der Waals surface area contributed by atoms with Gasteiger partial charge in [-0.1, -0.05) is 18.5 Å². The number of carbonyl (C=O) groups is 1. The summed E-state index contributed by atoms with van der Waals surface area (Å²) in [4.78, 5) is 12.8. The van der Waals surface area contributed by atoms with Crippen molar-refractivity contribution in [3.05, 3.63) is 21.3 Å². The molecule has 1 heterocycles. The monoisotopic (exact) mass is 275 g/mol. The van der Waals surface area contributed by atoms with E-state index >= 15 is 0 Å². The second-order valence-electron chi connectivity index (χ2n) is 4.23. The minimum atomic E-state index is -0.172. The number of nitrogens with one attached hydrogen (secondary N) is 1. The Bertz CT molecular complexity index is 367. The Morgan fingerprint density at radius 3 is 2.76 bits per heavy atom. The van der Waals surface area contributed by atoms with Crippen LogP contribution in [0.25, 0.3) is 0 Å². The first-order chi connectivity index (χ1) is 8.04. The summed E-state index contributed by atoms with van der Waals surface area (Å²) >= 11 is 7.27. The number of carbonyl (C=O) groups excluding carboxylic acids is 1. The average molecular weight is 276 g/mol. The number of thiophene rings is 1. The number of amides is 1. The Kier molecular flexibility index (Phi) is 5.95. The van der Waals surface area contributed by atoms with E-state index < -0.39 is 0 Å². The average Bonchev–Trinajstić information content (AvgIpc) is 2.72. The van der Waals surface area contributed by atoms with Crippen molar-refractivity contribution in [3.63, 3.8) is 0 Å². The van der Waals surface area contributed by atoms with Crippen molar-refractivity contribution in [2.24, 2.45) is 5.92 Å². The van der Waals surface area contributed by atoms with Crippen molar-refractivity contribution in [1.29, 1.82) is 0 Å². The SMILES string of the molecule is CC(CCO)CNC(=O)C(C)c1ccc(Cl)s1. The zero-order valence-electron chi connectivity index (χ0n) is 10.1. The first-order valence-electron chi connectivity index (χ1n) is 5.68. The molecule has 17 heavy (non-hydrogen) atoms. The molecule has 1 aromatic heterocycles. The van der Waals surface area contributed by atoms with Crippen LogP contribution in [0.4, 0.5) is 0 Å². The molecule has 2 unspecified atom stereocenters. The molecule has 0 saturated heterocycles. The van der Waals surface area contributed by atoms with E-state index in [0.29, 0.717) is 23.2 Å². The van der Waals surface area contributed by atoms with Gasteiger partial charge in [-0.2, -0.15) is 0 Å². The van der Waals surface area contributed by atoms with Crippen LogP contribution in [0.3, 0.4) is 0 Å². The van der Waals surface area contributed by atoms with Crippen molar-refractivity contribution >= 4 is 28.8 Å². The van der Waals surface area contributed by atoms with E-state index in [-0.39, 0.29) is 18.4 Å². The Labute approximate surface area is 111 Å². The smallest absolute Gasteiger partial charge is 0.228 e. The van der Waals surface area contributed by atoms with Gasteiger partial charge >= 0.3 is 0 Å². The van der Waals surface area contributed by atoms with Crippen molar-refractivity contribution in [2.45, 2.75) is 26.2 Å². The maximum Gasteiger partial charge on any atom is 0.228 e. The lowest BCUT2D eigenvalue weighted by Gasteiger charge is -2.14. The molecule has 96 valence electrons. The van der Waals surface area contributed by atoms with Gasteiger partial charge in [0.15, 0.2) is 0 Å². The fraction of sp³-hybridized carbons (Fsp3) is 0.583. The molecule has 0 aliphatic rings. The van der Waals surface area contributed by atoms with E-state index in [1.54, 1.807) is 6.07 Å². The third-order valence-corrected chi connectivity index (χ3v) is 4.07. The molecular formula is C12H18ClNO2S. The van der Waals surface area contributed by atoms with Gasteiger partial charge in [0.05, 0.1) is 10.3 Å². The zero-order chi connectivity index (χ0) is 12.8. The van der Waals surface area contributed by atoms with Crippen LogP contribution in [-0.2, 0) is 4.79 Å². The number of hydrogen-bond acceptors (Lipinski definition) is 3. The number of aliphatic hydroxyl groups excluding tert-OH is 1. The highest BCUT2D eigenvalue weighted by Crippen LogP contribution is 2.28. The van der Waals surface area contributed by atoms with Gasteiger partial charge in [0.2, 0.25) is 5.91 Å². The molecule has 2 N–H and O–H groups in total. The summed E-state index contributed by atoms with van der Waals surface area (Å²) in [5, 5.41) is 11.7. The topological polar surface area (TPSA) is 49.3 Å². The van der Waals surface area contributed by atoms with Crippen LogP contribution in [0.2, 0.25) is 4.34 Å². The molecule has 0 aromatic carbocycles. The summed E-state index contributed by atoms with van der Waals surface area (Å²) in [6.07, 6.45) is 0.708. The molecule has 0 radical (unpaired) electrons. The Hall–Kier alpha value is -0.580. The first-order valence-corrected chi connectivity index (χ1v) is 6.87. The van der Waals surface area contributed by atoms with E-state index in [0.717, 1.165) is 4.88 Å². The molecule has 1 amide bonds. The Balaban J connectivity index is 2.42. The normalized spacial score (nSPS) is 14.4. The van der Waals surface area contributed by atoms with Gasteiger partial charge in [0.1, 0.15) is 0 Å². The van der Waals surface area contributed by atoms with E-state index in [9.17, 15) is 4.79 Å². The van der Waals surface area contributed by atoms with Crippen LogP contribution >= 0.6 is 22.9 Å². The lowest BCUT2D eigenvalue weighted by atomic mass is 10.1. The van der Waals surface area contributed by atoms with E-state index in [2.05, 4.69) is 5.32 Å². The summed E-state index contributed by atoms with van der Waals surface area (Å²) in [6, 6.07) is 3.69. The van der Waals surface area contributed by atoms with Crippen molar-refractivity contribution < 1.29 is 9.90 Å². The van der Waals surface area contributed by atoms with Gasteiger partial charge in [-0.3, -0.25) is 4.79 Å². The summed E-state index contributed by atoms with van der Waals surface area (Å²) < 4.78 is 0.702. The van der Waals surface area contributed by atoms with Gasteiger partial charge in [-0.25, -0.2) is 0 Å². The predicted molar refractivity (Wildman–Crippen MR) is 71.6 cm³/mol. The fourth-order valence-electron chi connectivity index (χ4n) is 1.44. The van der Waals surface area contributed by atoms with Gasteiger partial charge < -0.3 is 10.4 Å². The van der Waals surface area contributed by atoms with E-state index in [4.69, 9.17) is 16.7 Å². The second-order valence-corrected chi connectivity index (χ2v) is 5.97. The largest absolute Gasteiger partial charge is 0.396 e. The third kappa shape index (κ3) is 4.66. The molecule has 3 nitrogen and oxygen atoms in total. The van der Waals surface area contributed by atoms with Crippen molar-refractivity contribution in [2.75, 3.05) is 13.2 Å². The zero-order valence-corrected chi connectivity index (χ0v) is 11.6. The predicted octanol–water partition coefficient (Wildman–Crippen LogP) is 2.64. The molecule has 1 aromatic rings. The summed E-state index contributed by atoms with van der Waals surface area (Å²) in [6.45, 7) is 4.63. The summed E-state index contributed by atoms with van der Waals surface area (Å²) in [5.74, 6) is 0.130. The van der Waals surface area contributed by atoms with Gasteiger partial charge in [0.25, 0.3) is 0 Å². The van der Waals surface area contributed by atoms with Gasteiger partial charge in [-0.15, -0.1) is 11.3 Å². The lowest BCUT2D eigenvalue weighted by molar-refractivity contribution is -0.122. The van der Waals surface area contributed by atoms with Crippen molar-refractivity contribution in [1.82, 2.24) is 5.32 Å². The highest BCUT2D eigenvalue weighted by molar-refractivity contribution is 7.16. The standard InChI is InChI=1S/C12H18ClNO2S/c1-8(5-6-15)7-14-12(16)9(2)10-3-4-11(13)17-10/h3-4,8-9,15H,5-7H2,1-2H3,(H,14,16). The molecule has 0 aliphatic carbocycles. The van der Waals surface area contributed by atoms with E-state index in [1.165, 1.54) is 11.3 Å².